The van der Waals surface area contributed by atoms with Gasteiger partial charge in [-0.1, -0.05) is 0 Å². The van der Waals surface area contributed by atoms with Crippen LogP contribution in [-0.4, -0.2) is 71.7 Å². The minimum Gasteiger partial charge on any atom is -0.394 e. The van der Waals surface area contributed by atoms with E-state index in [1.165, 1.54) is 0 Å². The molecule has 4 N–H and O–H groups in total. The topological polar surface area (TPSA) is 151 Å². The molecule has 0 aliphatic carbocycles. The predicted molar refractivity (Wildman–Crippen MR) is 50.2 cm³/mol. The molecular formula is C7H12O9S. The number of aliphatic hydroxyl groups is 3. The number of carbonyl (C=O) groups excluding carboxylic acids is 1. The van der Waals surface area contributed by atoms with E-state index in [-0.39, 0.29) is 6.29 Å². The molecule has 17 heavy (non-hydrogen) atoms. The van der Waals surface area contributed by atoms with E-state index in [2.05, 4.69) is 4.18 Å². The SMILES string of the molecule is O=CC1OC(CO)C(OS(=O)(=O)O)C(O)C1O. The average Bonchev–Trinajstić information content (AvgIpc) is 2.24. The van der Waals surface area contributed by atoms with Gasteiger partial charge in [0.05, 0.1) is 6.61 Å². The molecule has 0 spiro atoms. The summed E-state index contributed by atoms with van der Waals surface area (Å²) in [6.07, 6.45) is -7.82. The Kier molecular flexibility index (Phi) is 4.55. The minimum atomic E-state index is -4.90. The van der Waals surface area contributed by atoms with Gasteiger partial charge in [0.2, 0.25) is 0 Å². The number of carbonyl (C=O) groups is 1. The van der Waals surface area contributed by atoms with Gasteiger partial charge in [0, 0.05) is 0 Å². The van der Waals surface area contributed by atoms with E-state index < -0.39 is 47.5 Å². The van der Waals surface area contributed by atoms with Crippen LogP contribution in [0.3, 0.4) is 0 Å². The highest BCUT2D eigenvalue weighted by Gasteiger charge is 2.46. The van der Waals surface area contributed by atoms with Crippen LogP contribution in [0.4, 0.5) is 0 Å². The van der Waals surface area contributed by atoms with Gasteiger partial charge in [-0.15, -0.1) is 0 Å². The number of hydrogen-bond acceptors (Lipinski definition) is 8. The first-order valence-corrected chi connectivity index (χ1v) is 5.90. The Morgan fingerprint density at radius 3 is 2.29 bits per heavy atom. The van der Waals surface area contributed by atoms with Crippen LogP contribution in [0.25, 0.3) is 0 Å². The second kappa shape index (κ2) is 5.35. The molecular weight excluding hydrogens is 260 g/mol. The Bertz CT molecular complexity index is 364. The Labute approximate surface area is 96.5 Å². The zero-order valence-electron chi connectivity index (χ0n) is 8.41. The molecule has 1 aliphatic heterocycles. The third-order valence-electron chi connectivity index (χ3n) is 2.27. The fraction of sp³-hybridized carbons (Fsp3) is 0.857. The highest BCUT2D eigenvalue weighted by molar-refractivity contribution is 7.80. The molecule has 1 rings (SSSR count). The quantitative estimate of drug-likeness (QED) is 0.307. The first-order chi connectivity index (χ1) is 7.80. The summed E-state index contributed by atoms with van der Waals surface area (Å²) in [5, 5.41) is 27.8. The number of aliphatic hydroxyl groups excluding tert-OH is 3. The Balaban J connectivity index is 2.90. The number of ether oxygens (including phenoxy) is 1. The third kappa shape index (κ3) is 3.42. The summed E-state index contributed by atoms with van der Waals surface area (Å²) in [4.78, 5) is 10.5. The van der Waals surface area contributed by atoms with Crippen molar-refractivity contribution in [2.45, 2.75) is 30.5 Å². The van der Waals surface area contributed by atoms with E-state index >= 15 is 0 Å². The van der Waals surface area contributed by atoms with Gasteiger partial charge in [0.15, 0.2) is 6.29 Å². The van der Waals surface area contributed by atoms with Crippen molar-refractivity contribution < 1.29 is 42.0 Å². The fourth-order valence-corrected chi connectivity index (χ4v) is 2.01. The van der Waals surface area contributed by atoms with Crippen LogP contribution in [0.2, 0.25) is 0 Å². The molecule has 5 unspecified atom stereocenters. The lowest BCUT2D eigenvalue weighted by Gasteiger charge is -2.39. The van der Waals surface area contributed by atoms with E-state index in [1.807, 2.05) is 0 Å². The molecule has 0 aromatic heterocycles. The fourth-order valence-electron chi connectivity index (χ4n) is 1.49. The highest BCUT2D eigenvalue weighted by atomic mass is 32.3. The third-order valence-corrected chi connectivity index (χ3v) is 2.73. The second-order valence-electron chi connectivity index (χ2n) is 3.43. The Morgan fingerprint density at radius 2 is 1.88 bits per heavy atom. The standard InChI is InChI=1S/C7H12O9S/c8-1-3-5(10)6(11)7(4(2-9)15-3)16-17(12,13)14/h1,3-7,9-11H,2H2,(H,12,13,14). The first kappa shape index (κ1) is 14.4. The summed E-state index contributed by atoms with van der Waals surface area (Å²) in [5.74, 6) is 0. The van der Waals surface area contributed by atoms with E-state index in [9.17, 15) is 23.4 Å². The van der Waals surface area contributed by atoms with Gasteiger partial charge in [-0.2, -0.15) is 8.42 Å². The van der Waals surface area contributed by atoms with Gasteiger partial charge in [0.25, 0.3) is 0 Å². The van der Waals surface area contributed by atoms with Gasteiger partial charge >= 0.3 is 10.4 Å². The number of hydrogen-bond donors (Lipinski definition) is 4. The predicted octanol–water partition coefficient (Wildman–Crippen LogP) is -3.15. The van der Waals surface area contributed by atoms with Crippen LogP contribution in [0, 0.1) is 0 Å². The number of aldehydes is 1. The molecule has 1 fully saturated rings. The summed E-state index contributed by atoms with van der Waals surface area (Å²) in [6.45, 7) is -0.770. The summed E-state index contributed by atoms with van der Waals surface area (Å²) >= 11 is 0. The van der Waals surface area contributed by atoms with Gasteiger partial charge in [-0.3, -0.25) is 4.55 Å². The molecule has 1 heterocycles. The lowest BCUT2D eigenvalue weighted by atomic mass is 9.96. The number of rotatable bonds is 4. The Morgan fingerprint density at radius 1 is 1.29 bits per heavy atom. The molecule has 0 amide bonds. The summed E-state index contributed by atoms with van der Waals surface area (Å²) in [5.41, 5.74) is 0. The molecule has 9 nitrogen and oxygen atoms in total. The van der Waals surface area contributed by atoms with Crippen molar-refractivity contribution in [1.82, 2.24) is 0 Å². The van der Waals surface area contributed by atoms with E-state index in [0.717, 1.165) is 0 Å². The van der Waals surface area contributed by atoms with E-state index in [1.54, 1.807) is 0 Å². The summed E-state index contributed by atoms with van der Waals surface area (Å²) in [7, 11) is -4.90. The summed E-state index contributed by atoms with van der Waals surface area (Å²) < 4.78 is 38.3. The zero-order valence-corrected chi connectivity index (χ0v) is 9.23. The Hall–Kier alpha value is -0.620. The molecule has 10 heteroatoms. The van der Waals surface area contributed by atoms with Gasteiger partial charge < -0.3 is 24.9 Å². The van der Waals surface area contributed by atoms with Crippen molar-refractivity contribution >= 4 is 16.7 Å². The molecule has 5 atom stereocenters. The maximum atomic E-state index is 10.5. The van der Waals surface area contributed by atoms with Crippen molar-refractivity contribution in [3.8, 4) is 0 Å². The van der Waals surface area contributed by atoms with Gasteiger partial charge in [-0.25, -0.2) is 4.18 Å². The van der Waals surface area contributed by atoms with Crippen molar-refractivity contribution in [1.29, 1.82) is 0 Å². The molecule has 0 aromatic carbocycles. The first-order valence-electron chi connectivity index (χ1n) is 4.53. The van der Waals surface area contributed by atoms with Gasteiger partial charge in [-0.05, 0) is 0 Å². The van der Waals surface area contributed by atoms with Crippen molar-refractivity contribution in [2.75, 3.05) is 6.61 Å². The molecule has 1 saturated heterocycles. The molecule has 0 radical (unpaired) electrons. The van der Waals surface area contributed by atoms with Crippen LogP contribution in [0.1, 0.15) is 0 Å². The van der Waals surface area contributed by atoms with Crippen LogP contribution in [0.15, 0.2) is 0 Å². The molecule has 100 valence electrons. The molecule has 1 aliphatic rings. The lowest BCUT2D eigenvalue weighted by Crippen LogP contribution is -2.60. The monoisotopic (exact) mass is 272 g/mol. The largest absolute Gasteiger partial charge is 0.397 e. The second-order valence-corrected chi connectivity index (χ2v) is 4.48. The van der Waals surface area contributed by atoms with Crippen LogP contribution >= 0.6 is 0 Å². The zero-order chi connectivity index (χ0) is 13.2. The summed E-state index contributed by atoms with van der Waals surface area (Å²) in [6, 6.07) is 0. The lowest BCUT2D eigenvalue weighted by molar-refractivity contribution is -0.215. The van der Waals surface area contributed by atoms with Crippen molar-refractivity contribution in [2.24, 2.45) is 0 Å². The van der Waals surface area contributed by atoms with E-state index in [0.29, 0.717) is 0 Å². The van der Waals surface area contributed by atoms with E-state index in [4.69, 9.17) is 14.4 Å². The minimum absolute atomic E-state index is 0.195. The van der Waals surface area contributed by atoms with Gasteiger partial charge in [0.1, 0.15) is 30.5 Å². The van der Waals surface area contributed by atoms with Crippen LogP contribution in [0.5, 0.6) is 0 Å². The average molecular weight is 272 g/mol. The van der Waals surface area contributed by atoms with Crippen molar-refractivity contribution in [3.63, 3.8) is 0 Å². The smallest absolute Gasteiger partial charge is 0.394 e. The highest BCUT2D eigenvalue weighted by Crippen LogP contribution is 2.23. The maximum absolute atomic E-state index is 10.5. The molecule has 0 bridgehead atoms. The molecule has 0 aromatic rings. The normalized spacial score (nSPS) is 38.9. The van der Waals surface area contributed by atoms with Crippen molar-refractivity contribution in [3.05, 3.63) is 0 Å². The molecule has 0 saturated carbocycles. The van der Waals surface area contributed by atoms with Crippen LogP contribution in [-0.2, 0) is 24.1 Å². The van der Waals surface area contributed by atoms with Crippen LogP contribution < -0.4 is 0 Å². The maximum Gasteiger partial charge on any atom is 0.397 e.